The minimum absolute atomic E-state index is 0.0247. The molecule has 0 bridgehead atoms. The number of carbonyl (C=O) groups is 2. The van der Waals surface area contributed by atoms with E-state index in [2.05, 4.69) is 41.1 Å². The van der Waals surface area contributed by atoms with Gasteiger partial charge in [0.2, 0.25) is 5.91 Å². The fraction of sp³-hybridized carbons (Fsp3) is 0.320. The molecule has 1 fully saturated rings. The van der Waals surface area contributed by atoms with Crippen molar-refractivity contribution < 1.29 is 14.3 Å². The number of aryl methyl sites for hydroxylation is 2. The number of rotatable bonds is 6. The number of hydrogen-bond donors (Lipinski definition) is 3. The second kappa shape index (κ2) is 8.71. The Labute approximate surface area is 192 Å². The van der Waals surface area contributed by atoms with E-state index in [0.717, 1.165) is 47.7 Å². The van der Waals surface area contributed by atoms with Crippen LogP contribution in [0.3, 0.4) is 0 Å². The molecule has 8 heteroatoms. The lowest BCUT2D eigenvalue weighted by molar-refractivity contribution is -0.119. The number of anilines is 1. The highest BCUT2D eigenvalue weighted by molar-refractivity contribution is 5.96. The number of nitrogens with one attached hydrogen (secondary N) is 3. The van der Waals surface area contributed by atoms with E-state index in [-0.39, 0.29) is 18.4 Å². The SMILES string of the molecule is Cc1cc(CNC[C@@H]2CNC(=O)C2)ccc1-c1ncn(C)c1-c1ccc2c(c1)OCC(=O)N2. The molecule has 170 valence electrons. The van der Waals surface area contributed by atoms with E-state index in [1.54, 1.807) is 0 Å². The van der Waals surface area contributed by atoms with Gasteiger partial charge in [-0.15, -0.1) is 0 Å². The first-order valence-corrected chi connectivity index (χ1v) is 11.1. The van der Waals surface area contributed by atoms with Crippen LogP contribution in [-0.4, -0.2) is 41.1 Å². The van der Waals surface area contributed by atoms with Crippen molar-refractivity contribution in [2.45, 2.75) is 19.9 Å². The van der Waals surface area contributed by atoms with Gasteiger partial charge in [-0.05, 0) is 36.1 Å². The zero-order valence-electron chi connectivity index (χ0n) is 18.8. The van der Waals surface area contributed by atoms with Crippen LogP contribution in [0.2, 0.25) is 0 Å². The van der Waals surface area contributed by atoms with Crippen molar-refractivity contribution in [1.29, 1.82) is 0 Å². The maximum absolute atomic E-state index is 11.6. The number of hydrogen-bond acceptors (Lipinski definition) is 5. The summed E-state index contributed by atoms with van der Waals surface area (Å²) in [7, 11) is 1.98. The van der Waals surface area contributed by atoms with Crippen LogP contribution >= 0.6 is 0 Å². The van der Waals surface area contributed by atoms with Crippen LogP contribution in [0.1, 0.15) is 17.5 Å². The summed E-state index contributed by atoms with van der Waals surface area (Å²) in [5.74, 6) is 1.03. The molecular weight excluding hydrogens is 418 g/mol. The van der Waals surface area contributed by atoms with Gasteiger partial charge in [-0.25, -0.2) is 4.98 Å². The molecule has 0 spiro atoms. The molecule has 2 aliphatic rings. The molecule has 3 N–H and O–H groups in total. The zero-order chi connectivity index (χ0) is 22.9. The van der Waals surface area contributed by atoms with E-state index in [1.807, 2.05) is 36.1 Å². The molecule has 3 aromatic rings. The Morgan fingerprint density at radius 3 is 2.85 bits per heavy atom. The second-order valence-corrected chi connectivity index (χ2v) is 8.75. The summed E-state index contributed by atoms with van der Waals surface area (Å²) >= 11 is 0. The number of fused-ring (bicyclic) bond motifs is 1. The number of carbonyl (C=O) groups excluding carboxylic acids is 2. The Bertz CT molecular complexity index is 1230. The summed E-state index contributed by atoms with van der Waals surface area (Å²) in [5, 5.41) is 9.18. The molecule has 5 rings (SSSR count). The minimum atomic E-state index is -0.143. The van der Waals surface area contributed by atoms with Crippen LogP contribution in [0.15, 0.2) is 42.7 Å². The van der Waals surface area contributed by atoms with Crippen molar-refractivity contribution in [3.05, 3.63) is 53.9 Å². The average Bonchev–Trinajstić information content (AvgIpc) is 3.38. The summed E-state index contributed by atoms with van der Waals surface area (Å²) in [6, 6.07) is 12.2. The van der Waals surface area contributed by atoms with E-state index < -0.39 is 0 Å². The van der Waals surface area contributed by atoms with Crippen LogP contribution < -0.4 is 20.7 Å². The third-order valence-electron chi connectivity index (χ3n) is 6.20. The summed E-state index contributed by atoms with van der Waals surface area (Å²) in [5.41, 5.74) is 6.98. The monoisotopic (exact) mass is 445 g/mol. The van der Waals surface area contributed by atoms with Gasteiger partial charge in [0, 0.05) is 44.2 Å². The number of ether oxygens (including phenoxy) is 1. The van der Waals surface area contributed by atoms with E-state index in [1.165, 1.54) is 5.56 Å². The molecule has 2 aliphatic heterocycles. The Balaban J connectivity index is 1.36. The van der Waals surface area contributed by atoms with Gasteiger partial charge in [0.15, 0.2) is 6.61 Å². The van der Waals surface area contributed by atoms with Gasteiger partial charge in [-0.3, -0.25) is 9.59 Å². The number of imidazole rings is 1. The van der Waals surface area contributed by atoms with Crippen LogP contribution in [-0.2, 0) is 23.2 Å². The highest BCUT2D eigenvalue weighted by Crippen LogP contribution is 2.37. The second-order valence-electron chi connectivity index (χ2n) is 8.75. The molecule has 8 nitrogen and oxygen atoms in total. The molecule has 3 heterocycles. The summed E-state index contributed by atoms with van der Waals surface area (Å²) < 4.78 is 7.61. The fourth-order valence-corrected chi connectivity index (χ4v) is 4.52. The Kier molecular flexibility index (Phi) is 5.60. The maximum Gasteiger partial charge on any atom is 0.262 e. The Morgan fingerprint density at radius 2 is 2.06 bits per heavy atom. The minimum Gasteiger partial charge on any atom is -0.482 e. The highest BCUT2D eigenvalue weighted by atomic mass is 16.5. The van der Waals surface area contributed by atoms with Crippen molar-refractivity contribution >= 4 is 17.5 Å². The third kappa shape index (κ3) is 4.34. The fourth-order valence-electron chi connectivity index (χ4n) is 4.52. The van der Waals surface area contributed by atoms with Crippen molar-refractivity contribution in [2.75, 3.05) is 25.0 Å². The van der Waals surface area contributed by atoms with Crippen molar-refractivity contribution in [3.8, 4) is 28.3 Å². The smallest absolute Gasteiger partial charge is 0.262 e. The first-order valence-electron chi connectivity index (χ1n) is 11.1. The first kappa shape index (κ1) is 21.2. The highest BCUT2D eigenvalue weighted by Gasteiger charge is 2.22. The molecule has 0 radical (unpaired) electrons. The molecule has 33 heavy (non-hydrogen) atoms. The van der Waals surface area contributed by atoms with Crippen LogP contribution in [0.4, 0.5) is 5.69 Å². The molecule has 0 unspecified atom stereocenters. The van der Waals surface area contributed by atoms with Gasteiger partial charge in [0.1, 0.15) is 5.75 Å². The van der Waals surface area contributed by atoms with Crippen LogP contribution in [0.5, 0.6) is 5.75 Å². The van der Waals surface area contributed by atoms with Gasteiger partial charge >= 0.3 is 0 Å². The first-order chi connectivity index (χ1) is 16.0. The number of amides is 2. The lowest BCUT2D eigenvalue weighted by Crippen LogP contribution is -2.25. The number of nitrogens with zero attached hydrogens (tertiary/aromatic N) is 2. The Morgan fingerprint density at radius 1 is 1.18 bits per heavy atom. The van der Waals surface area contributed by atoms with Crippen LogP contribution in [0.25, 0.3) is 22.5 Å². The standard InChI is InChI=1S/C25H27N5O3/c1-15-7-16(10-26-11-17-8-22(31)27-12-17)3-5-19(15)24-25(30(2)14-28-24)18-4-6-20-21(9-18)33-13-23(32)29-20/h3-7,9,14,17,26H,8,10-13H2,1-2H3,(H,27,31)(H,29,32)/t17-/m1/s1. The van der Waals surface area contributed by atoms with Gasteiger partial charge < -0.3 is 25.3 Å². The Hall–Kier alpha value is -3.65. The topological polar surface area (TPSA) is 97.3 Å². The summed E-state index contributed by atoms with van der Waals surface area (Å²) in [6.45, 7) is 4.46. The normalized spacial score (nSPS) is 17.3. The third-order valence-corrected chi connectivity index (χ3v) is 6.20. The molecule has 2 aromatic carbocycles. The van der Waals surface area contributed by atoms with Crippen molar-refractivity contribution in [3.63, 3.8) is 0 Å². The molecule has 0 aliphatic carbocycles. The molecule has 1 atom stereocenters. The van der Waals surface area contributed by atoms with Gasteiger partial charge in [0.25, 0.3) is 5.91 Å². The molecular formula is C25H27N5O3. The zero-order valence-corrected chi connectivity index (χ0v) is 18.8. The molecule has 1 saturated heterocycles. The summed E-state index contributed by atoms with van der Waals surface area (Å²) in [6.07, 6.45) is 2.42. The molecule has 1 aromatic heterocycles. The van der Waals surface area contributed by atoms with E-state index in [4.69, 9.17) is 9.72 Å². The predicted molar refractivity (Wildman–Crippen MR) is 126 cm³/mol. The van der Waals surface area contributed by atoms with E-state index in [0.29, 0.717) is 23.8 Å². The van der Waals surface area contributed by atoms with Crippen LogP contribution in [0, 0.1) is 12.8 Å². The largest absolute Gasteiger partial charge is 0.482 e. The maximum atomic E-state index is 11.6. The van der Waals surface area contributed by atoms with Gasteiger partial charge in [-0.1, -0.05) is 24.3 Å². The lowest BCUT2D eigenvalue weighted by Gasteiger charge is -2.19. The predicted octanol–water partition coefficient (Wildman–Crippen LogP) is 2.62. The van der Waals surface area contributed by atoms with Crippen molar-refractivity contribution in [2.24, 2.45) is 13.0 Å². The van der Waals surface area contributed by atoms with Gasteiger partial charge in [0.05, 0.1) is 23.4 Å². The number of aromatic nitrogens is 2. The van der Waals surface area contributed by atoms with Crippen molar-refractivity contribution in [1.82, 2.24) is 20.2 Å². The molecule has 0 saturated carbocycles. The van der Waals surface area contributed by atoms with Gasteiger partial charge in [-0.2, -0.15) is 0 Å². The van der Waals surface area contributed by atoms with E-state index >= 15 is 0 Å². The average molecular weight is 446 g/mol. The van der Waals surface area contributed by atoms with E-state index in [9.17, 15) is 9.59 Å². The lowest BCUT2D eigenvalue weighted by atomic mass is 9.98. The number of benzene rings is 2. The quantitative estimate of drug-likeness (QED) is 0.542. The summed E-state index contributed by atoms with van der Waals surface area (Å²) in [4.78, 5) is 27.6. The molecule has 2 amide bonds.